The van der Waals surface area contributed by atoms with Crippen LogP contribution in [-0.4, -0.2) is 27.6 Å². The fraction of sp³-hybridized carbons (Fsp3) is 0.167. The van der Waals surface area contributed by atoms with Gasteiger partial charge in [0.15, 0.2) is 5.75 Å². The molecule has 35 heavy (non-hydrogen) atoms. The third kappa shape index (κ3) is 7.06. The minimum atomic E-state index is -4.60. The summed E-state index contributed by atoms with van der Waals surface area (Å²) in [6, 6.07) is 14.6. The third-order valence-corrected chi connectivity index (χ3v) is 5.98. The Hall–Kier alpha value is -3.86. The highest BCUT2D eigenvalue weighted by Crippen LogP contribution is 2.30. The summed E-state index contributed by atoms with van der Waals surface area (Å²) in [6.07, 6.45) is -3.35. The molecule has 0 unspecified atom stereocenters. The minimum Gasteiger partial charge on any atom is -0.497 e. The predicted octanol–water partition coefficient (Wildman–Crippen LogP) is 4.48. The van der Waals surface area contributed by atoms with Crippen LogP contribution in [-0.2, 0) is 27.5 Å². The van der Waals surface area contributed by atoms with Gasteiger partial charge >= 0.3 is 16.3 Å². The number of nitrogens with one attached hydrogen (secondary N) is 1. The number of aryl methyl sites for hydroxylation is 1. The first-order chi connectivity index (χ1) is 16.5. The van der Waals surface area contributed by atoms with Crippen LogP contribution in [0.2, 0.25) is 0 Å². The van der Waals surface area contributed by atoms with Crippen molar-refractivity contribution in [2.24, 2.45) is 5.10 Å². The molecular weight excluding hydrogens is 485 g/mol. The Balaban J connectivity index is 1.73. The lowest BCUT2D eigenvalue weighted by Gasteiger charge is -2.11. The second-order valence-electron chi connectivity index (χ2n) is 7.42. The van der Waals surface area contributed by atoms with Crippen LogP contribution < -0.4 is 14.3 Å². The molecule has 7 nitrogen and oxygen atoms in total. The van der Waals surface area contributed by atoms with Crippen LogP contribution in [0.25, 0.3) is 0 Å². The van der Waals surface area contributed by atoms with Crippen LogP contribution in [0.3, 0.4) is 0 Å². The first-order valence-electron chi connectivity index (χ1n) is 10.2. The van der Waals surface area contributed by atoms with Gasteiger partial charge in [0.05, 0.1) is 25.3 Å². The smallest absolute Gasteiger partial charge is 0.416 e. The number of hydrogen-bond acceptors (Lipinski definition) is 6. The Labute approximate surface area is 200 Å². The van der Waals surface area contributed by atoms with Gasteiger partial charge in [-0.3, -0.25) is 4.79 Å². The molecule has 3 aromatic carbocycles. The molecule has 0 heterocycles. The van der Waals surface area contributed by atoms with Crippen molar-refractivity contribution in [1.82, 2.24) is 5.43 Å². The summed E-state index contributed by atoms with van der Waals surface area (Å²) >= 11 is 0. The van der Waals surface area contributed by atoms with E-state index in [9.17, 15) is 26.4 Å². The second kappa shape index (κ2) is 10.6. The van der Waals surface area contributed by atoms with Gasteiger partial charge in [-0.05, 0) is 66.6 Å². The van der Waals surface area contributed by atoms with Gasteiger partial charge in [0.2, 0.25) is 5.91 Å². The van der Waals surface area contributed by atoms with Crippen LogP contribution in [0, 0.1) is 6.92 Å². The lowest BCUT2D eigenvalue weighted by molar-refractivity contribution is -0.137. The monoisotopic (exact) mass is 506 g/mol. The molecule has 0 radical (unpaired) electrons. The van der Waals surface area contributed by atoms with E-state index in [0.717, 1.165) is 12.1 Å². The lowest BCUT2D eigenvalue weighted by atomic mass is 10.1. The first-order valence-corrected chi connectivity index (χ1v) is 11.6. The van der Waals surface area contributed by atoms with Gasteiger partial charge in [-0.2, -0.15) is 26.7 Å². The zero-order chi connectivity index (χ0) is 25.6. The number of amides is 1. The van der Waals surface area contributed by atoms with Crippen molar-refractivity contribution in [3.8, 4) is 11.5 Å². The zero-order valence-corrected chi connectivity index (χ0v) is 19.5. The maximum absolute atomic E-state index is 12.8. The summed E-state index contributed by atoms with van der Waals surface area (Å²) in [7, 11) is -2.92. The molecule has 1 amide bonds. The maximum atomic E-state index is 12.8. The molecule has 0 atom stereocenters. The van der Waals surface area contributed by atoms with Gasteiger partial charge in [-0.1, -0.05) is 18.2 Å². The van der Waals surface area contributed by atoms with E-state index in [1.165, 1.54) is 25.5 Å². The van der Waals surface area contributed by atoms with Gasteiger partial charge in [-0.15, -0.1) is 0 Å². The molecule has 3 rings (SSSR count). The highest BCUT2D eigenvalue weighted by Gasteiger charge is 2.31. The van der Waals surface area contributed by atoms with E-state index in [0.29, 0.717) is 29.0 Å². The summed E-state index contributed by atoms with van der Waals surface area (Å²) < 4.78 is 73.8. The Morgan fingerprint density at radius 2 is 1.77 bits per heavy atom. The second-order valence-corrected chi connectivity index (χ2v) is 8.97. The lowest BCUT2D eigenvalue weighted by Crippen LogP contribution is -2.20. The van der Waals surface area contributed by atoms with E-state index in [2.05, 4.69) is 10.5 Å². The van der Waals surface area contributed by atoms with E-state index in [4.69, 9.17) is 8.92 Å². The molecule has 0 fully saturated rings. The quantitative estimate of drug-likeness (QED) is 0.276. The Morgan fingerprint density at radius 1 is 1.06 bits per heavy atom. The molecular formula is C24H21F3N2O5S. The van der Waals surface area contributed by atoms with Crippen LogP contribution in [0.4, 0.5) is 13.2 Å². The number of halogens is 3. The largest absolute Gasteiger partial charge is 0.497 e. The zero-order valence-electron chi connectivity index (χ0n) is 18.7. The number of hydrogen-bond donors (Lipinski definition) is 1. The molecule has 0 spiro atoms. The van der Waals surface area contributed by atoms with E-state index in [1.807, 2.05) is 0 Å². The van der Waals surface area contributed by atoms with Crippen molar-refractivity contribution in [2.75, 3.05) is 7.11 Å². The summed E-state index contributed by atoms with van der Waals surface area (Å²) in [5, 5.41) is 3.86. The van der Waals surface area contributed by atoms with Crippen molar-refractivity contribution in [2.45, 2.75) is 24.4 Å². The first kappa shape index (κ1) is 25.8. The summed E-state index contributed by atoms with van der Waals surface area (Å²) in [5.41, 5.74) is 2.98. The number of rotatable bonds is 8. The van der Waals surface area contributed by atoms with Crippen molar-refractivity contribution in [1.29, 1.82) is 0 Å². The fourth-order valence-corrected chi connectivity index (χ4v) is 3.92. The minimum absolute atomic E-state index is 0.0358. The number of carbonyl (C=O) groups is 1. The normalized spacial score (nSPS) is 11.9. The molecule has 184 valence electrons. The average Bonchev–Trinajstić information content (AvgIpc) is 2.80. The molecule has 0 bridgehead atoms. The molecule has 0 aliphatic heterocycles. The van der Waals surface area contributed by atoms with Gasteiger partial charge < -0.3 is 8.92 Å². The van der Waals surface area contributed by atoms with Crippen LogP contribution in [0.15, 0.2) is 76.7 Å². The van der Waals surface area contributed by atoms with Gasteiger partial charge in [-0.25, -0.2) is 5.43 Å². The SMILES string of the molecule is COc1cccc(CC(=O)NN=Cc2ccc(C)cc2OS(=O)(=O)c2ccc(C(F)(F)F)cc2)c1. The Kier molecular flexibility index (Phi) is 7.80. The molecule has 0 aliphatic rings. The van der Waals surface area contributed by atoms with Crippen molar-refractivity contribution < 1.29 is 35.3 Å². The fourth-order valence-electron chi connectivity index (χ4n) is 2.98. The molecule has 0 aromatic heterocycles. The van der Waals surface area contributed by atoms with E-state index in [-0.39, 0.29) is 17.7 Å². The molecule has 0 aliphatic carbocycles. The molecule has 11 heteroatoms. The summed E-state index contributed by atoms with van der Waals surface area (Å²) in [5.74, 6) is 0.0895. The number of carbonyl (C=O) groups excluding carboxylic acids is 1. The van der Waals surface area contributed by atoms with Gasteiger partial charge in [0.1, 0.15) is 10.6 Å². The van der Waals surface area contributed by atoms with Crippen molar-refractivity contribution in [3.63, 3.8) is 0 Å². The molecule has 0 saturated heterocycles. The predicted molar refractivity (Wildman–Crippen MR) is 123 cm³/mol. The number of alkyl halides is 3. The Morgan fingerprint density at radius 3 is 2.43 bits per heavy atom. The van der Waals surface area contributed by atoms with Gasteiger partial charge in [0, 0.05) is 5.56 Å². The number of benzene rings is 3. The van der Waals surface area contributed by atoms with E-state index >= 15 is 0 Å². The highest BCUT2D eigenvalue weighted by atomic mass is 32.2. The molecule has 0 saturated carbocycles. The number of ether oxygens (including phenoxy) is 1. The Bertz CT molecular complexity index is 1340. The van der Waals surface area contributed by atoms with Crippen molar-refractivity contribution >= 4 is 22.2 Å². The van der Waals surface area contributed by atoms with Crippen LogP contribution in [0.5, 0.6) is 11.5 Å². The number of nitrogens with zero attached hydrogens (tertiary/aromatic N) is 1. The number of methoxy groups -OCH3 is 1. The summed E-state index contributed by atoms with van der Waals surface area (Å²) in [4.78, 5) is 11.7. The van der Waals surface area contributed by atoms with E-state index < -0.39 is 32.7 Å². The third-order valence-electron chi connectivity index (χ3n) is 4.73. The summed E-state index contributed by atoms with van der Waals surface area (Å²) in [6.45, 7) is 1.70. The van der Waals surface area contributed by atoms with Crippen LogP contribution in [0.1, 0.15) is 22.3 Å². The van der Waals surface area contributed by atoms with Gasteiger partial charge in [0.25, 0.3) is 0 Å². The van der Waals surface area contributed by atoms with Crippen molar-refractivity contribution in [3.05, 3.63) is 89.0 Å². The van der Waals surface area contributed by atoms with Crippen LogP contribution >= 0.6 is 0 Å². The topological polar surface area (TPSA) is 94.1 Å². The molecule has 3 aromatic rings. The molecule has 1 N–H and O–H groups in total. The number of hydrazone groups is 1. The average molecular weight is 507 g/mol. The maximum Gasteiger partial charge on any atom is 0.416 e. The van der Waals surface area contributed by atoms with E-state index in [1.54, 1.807) is 37.3 Å². The highest BCUT2D eigenvalue weighted by molar-refractivity contribution is 7.87. The standard InChI is InChI=1S/C24H21F3N2O5S/c1-16-6-7-18(15-28-29-23(30)14-17-4-3-5-20(13-17)33-2)22(12-16)34-35(31,32)21-10-8-19(9-11-21)24(25,26)27/h3-13,15H,14H2,1-2H3,(H,29,30).